The van der Waals surface area contributed by atoms with Crippen LogP contribution in [0.15, 0.2) is 54.6 Å². The van der Waals surface area contributed by atoms with Crippen LogP contribution in [0, 0.1) is 11.8 Å². The van der Waals surface area contributed by atoms with E-state index in [1.54, 1.807) is 36.3 Å². The number of hydrogen-bond acceptors (Lipinski definition) is 20. The van der Waals surface area contributed by atoms with Gasteiger partial charge in [-0.2, -0.15) is 0 Å². The minimum Gasteiger partial charge on any atom is -0.391 e. The number of rotatable bonds is 20. The molecule has 6 N–H and O–H groups in total. The molecule has 0 aromatic heterocycles. The fourth-order valence-corrected chi connectivity index (χ4v) is 15.9. The van der Waals surface area contributed by atoms with Crippen molar-refractivity contribution in [3.63, 3.8) is 0 Å². The van der Waals surface area contributed by atoms with E-state index in [-0.39, 0.29) is 124 Å². The van der Waals surface area contributed by atoms with Gasteiger partial charge in [-0.1, -0.05) is 57.3 Å². The number of nitrogens with zero attached hydrogens (tertiary/aromatic N) is 2. The number of aliphatic hydroxyl groups excluding tert-OH is 1. The van der Waals surface area contributed by atoms with Crippen molar-refractivity contribution in [1.82, 2.24) is 36.4 Å². The number of aliphatic hydroxyl groups is 1. The Morgan fingerprint density at radius 2 is 1.35 bits per heavy atom. The largest absolute Gasteiger partial charge is 0.391 e. The van der Waals surface area contributed by atoms with Crippen LogP contribution in [0.25, 0.3) is 0 Å². The molecule has 532 valence electrons. The summed E-state index contributed by atoms with van der Waals surface area (Å²) < 4.78 is 72.5. The highest BCUT2D eigenvalue weighted by Gasteiger charge is 2.69. The minimum atomic E-state index is -1.15. The van der Waals surface area contributed by atoms with Crippen molar-refractivity contribution >= 4 is 41.2 Å². The molecule has 12 rings (SSSR count). The van der Waals surface area contributed by atoms with Gasteiger partial charge in [0, 0.05) is 110 Å². The van der Waals surface area contributed by atoms with Crippen molar-refractivity contribution in [3.8, 4) is 0 Å². The molecule has 26 nitrogen and oxygen atoms in total. The molecule has 26 heteroatoms. The van der Waals surface area contributed by atoms with E-state index in [0.29, 0.717) is 97.7 Å². The van der Waals surface area contributed by atoms with Crippen LogP contribution in [0.4, 0.5) is 0 Å². The highest BCUT2D eigenvalue weighted by atomic mass is 16.8. The highest BCUT2D eigenvalue weighted by Crippen LogP contribution is 2.54. The topological polar surface area (TPSA) is 308 Å². The quantitative estimate of drug-likeness (QED) is 0.102. The molecule has 96 heavy (non-hydrogen) atoms. The summed E-state index contributed by atoms with van der Waals surface area (Å²) in [4.78, 5) is 96.9. The maximum atomic E-state index is 14.6. The molecule has 1 spiro atoms. The Kier molecular flexibility index (Phi) is 25.2. The molecular formula is C70H103N7O19. The number of Topliss-reactive ketones (excluding diaryl/α,β-unsaturated/α-hetero) is 1. The van der Waals surface area contributed by atoms with Gasteiger partial charge >= 0.3 is 0 Å². The highest BCUT2D eigenvalue weighted by molar-refractivity contribution is 5.93. The summed E-state index contributed by atoms with van der Waals surface area (Å²) in [6, 6.07) is 7.82. The Morgan fingerprint density at radius 3 is 2.12 bits per heavy atom. The third-order valence-corrected chi connectivity index (χ3v) is 21.1. The van der Waals surface area contributed by atoms with Crippen LogP contribution < -0.4 is 26.6 Å². The number of benzene rings is 1. The van der Waals surface area contributed by atoms with Gasteiger partial charge < -0.3 is 88.7 Å². The predicted molar refractivity (Wildman–Crippen MR) is 346 cm³/mol. The van der Waals surface area contributed by atoms with Crippen LogP contribution in [-0.4, -0.2) is 258 Å². The molecule has 11 heterocycles. The minimum absolute atomic E-state index is 0.0133. The van der Waals surface area contributed by atoms with E-state index in [1.807, 2.05) is 17.9 Å². The molecule has 0 aliphatic carbocycles. The second-order valence-electron chi connectivity index (χ2n) is 28.0. The van der Waals surface area contributed by atoms with Gasteiger partial charge in [0.15, 0.2) is 5.79 Å². The standard InChI is InChI=1S/C70H103N7O19/c1-6-10-62(84)77-23-27-87-25-21-76(22-26-88-28-24-77)20-18-58(80)72-38-59(81)73-40-61(83)75-51(31-44-11-8-7-9-12-44)69(85)74-39-60(82)71-37-46(79)34-56-63(86-5)50-33-45(78)32-48-14-16-53-64(91-48)68-67-66(93-53)65-57(94-67)36-70(95-65,96-68)19-17-49-30-42(3)52(89-49)15-13-47-29-41(2)43(4)54(90-47)35-55(50)92-56/h7-9,11-12,41,46-57,63-68,79H,3-4,6,10,13-40H2,1-2,5H3,(H,71,82)(H,72,80)(H,73,81)(H,74,85)(H,75,83)/t41-,46+,47+,48-,49+,50+,51+,52+,53+,54-,55+,56-,57?,63-,64+,65+,66?,67?,68+,70+/m1/s1. The second kappa shape index (κ2) is 33.7. The third kappa shape index (κ3) is 18.6. The normalized spacial score (nSPS) is 35.6. The summed E-state index contributed by atoms with van der Waals surface area (Å²) >= 11 is 0. The molecule has 1 aromatic carbocycles. The summed E-state index contributed by atoms with van der Waals surface area (Å²) in [6.07, 6.45) is 2.47. The SMILES string of the molecule is C=C1C[C@@H]2CC[C@@]34CC5OC6C(O[C@H]7CC[C@H](CC(=O)C[C@@H]8[C@@H](OC)[C@@H](C[C@H](O)CNC(=O)CNC(=O)[C@H](Cc9ccccc9)NC(=O)CNC(=O)CNC(=O)CCN9CCOCCN(C(=O)CCC)CCOCC9)O[C@H]8C[C@H]8O[C@@H](CC[C@@H]1O2)C[C@@H](C)C8=C)O[C@@H]7[C@@H]6O3)[C@H]5O4. The molecule has 3 unspecified atom stereocenters. The predicted octanol–water partition coefficient (Wildman–Crippen LogP) is 2.04. The van der Waals surface area contributed by atoms with Gasteiger partial charge in [-0.25, -0.2) is 0 Å². The first-order valence-corrected chi connectivity index (χ1v) is 35.3. The summed E-state index contributed by atoms with van der Waals surface area (Å²) in [6.45, 7) is 15.6. The van der Waals surface area contributed by atoms with Crippen LogP contribution >= 0.6 is 0 Å². The van der Waals surface area contributed by atoms with E-state index in [9.17, 15) is 38.7 Å². The molecule has 6 amide bonds. The molecule has 12 bridgehead atoms. The molecule has 0 saturated carbocycles. The zero-order chi connectivity index (χ0) is 67.5. The number of carbonyl (C=O) groups is 7. The van der Waals surface area contributed by atoms with Crippen LogP contribution in [-0.2, 0) is 92.1 Å². The number of carbonyl (C=O) groups excluding carboxylic acids is 7. The lowest BCUT2D eigenvalue weighted by Gasteiger charge is -2.47. The van der Waals surface area contributed by atoms with Crippen molar-refractivity contribution in [3.05, 3.63) is 60.2 Å². The molecule has 11 saturated heterocycles. The summed E-state index contributed by atoms with van der Waals surface area (Å²) in [5.74, 6) is -4.00. The first-order valence-electron chi connectivity index (χ1n) is 35.3. The van der Waals surface area contributed by atoms with Crippen LogP contribution in [0.5, 0.6) is 0 Å². The first kappa shape index (κ1) is 71.9. The number of methoxy groups -OCH3 is 1. The average molecular weight is 1350 g/mol. The smallest absolute Gasteiger partial charge is 0.243 e. The van der Waals surface area contributed by atoms with E-state index >= 15 is 0 Å². The van der Waals surface area contributed by atoms with Crippen LogP contribution in [0.1, 0.15) is 122 Å². The summed E-state index contributed by atoms with van der Waals surface area (Å²) in [7, 11) is 1.58. The Balaban J connectivity index is 0.656. The summed E-state index contributed by atoms with van der Waals surface area (Å²) in [5, 5.41) is 24.7. The van der Waals surface area contributed by atoms with Crippen LogP contribution in [0.3, 0.4) is 0 Å². The maximum Gasteiger partial charge on any atom is 0.243 e. The molecule has 11 fully saturated rings. The summed E-state index contributed by atoms with van der Waals surface area (Å²) in [5.41, 5.74) is 2.75. The average Bonchev–Trinajstić information content (AvgIpc) is 1.55. The van der Waals surface area contributed by atoms with Gasteiger partial charge in [0.25, 0.3) is 0 Å². The van der Waals surface area contributed by atoms with Crippen molar-refractivity contribution in [2.75, 3.05) is 92.4 Å². The Morgan fingerprint density at radius 1 is 0.677 bits per heavy atom. The van der Waals surface area contributed by atoms with Crippen molar-refractivity contribution in [2.24, 2.45) is 11.8 Å². The van der Waals surface area contributed by atoms with Crippen LogP contribution in [0.2, 0.25) is 0 Å². The van der Waals surface area contributed by atoms with Gasteiger partial charge in [0.1, 0.15) is 42.3 Å². The lowest BCUT2D eigenvalue weighted by Crippen LogP contribution is -2.61. The third-order valence-electron chi connectivity index (χ3n) is 21.1. The van der Waals surface area contributed by atoms with Crippen molar-refractivity contribution in [2.45, 2.75) is 232 Å². The molecule has 20 atom stereocenters. The molecule has 11 aliphatic rings. The maximum absolute atomic E-state index is 14.6. The lowest BCUT2D eigenvalue weighted by atomic mass is 9.81. The van der Waals surface area contributed by atoms with Crippen molar-refractivity contribution < 1.29 is 90.8 Å². The van der Waals surface area contributed by atoms with Gasteiger partial charge in [-0.3, -0.25) is 38.5 Å². The number of amides is 6. The number of nitrogens with one attached hydrogen (secondary N) is 5. The Hall–Kier alpha value is -5.33. The molecule has 0 radical (unpaired) electrons. The van der Waals surface area contributed by atoms with E-state index in [0.717, 1.165) is 55.2 Å². The number of hydrogen-bond donors (Lipinski definition) is 6. The van der Waals surface area contributed by atoms with E-state index in [4.69, 9.17) is 52.1 Å². The molecule has 1 aromatic rings. The van der Waals surface area contributed by atoms with E-state index in [2.05, 4.69) is 46.7 Å². The fraction of sp³-hybridized carbons (Fsp3) is 0.757. The Bertz CT molecular complexity index is 2860. The van der Waals surface area contributed by atoms with Gasteiger partial charge in [-0.05, 0) is 74.0 Å². The van der Waals surface area contributed by atoms with Gasteiger partial charge in [0.05, 0.1) is 113 Å². The number of ketones is 1. The first-order chi connectivity index (χ1) is 46.4. The molecule has 11 aliphatic heterocycles. The fourth-order valence-electron chi connectivity index (χ4n) is 15.9. The second-order valence-corrected chi connectivity index (χ2v) is 28.0. The zero-order valence-corrected chi connectivity index (χ0v) is 56.2. The zero-order valence-electron chi connectivity index (χ0n) is 56.2. The Labute approximate surface area is 563 Å². The van der Waals surface area contributed by atoms with Gasteiger partial charge in [-0.15, -0.1) is 0 Å². The van der Waals surface area contributed by atoms with Gasteiger partial charge in [0.2, 0.25) is 35.4 Å². The monoisotopic (exact) mass is 1350 g/mol. The van der Waals surface area contributed by atoms with Crippen molar-refractivity contribution in [1.29, 1.82) is 0 Å². The molecular weight excluding hydrogens is 1240 g/mol. The lowest BCUT2D eigenvalue weighted by molar-refractivity contribution is -0.292. The number of ether oxygens (including phenoxy) is 11. The number of fused-ring (bicyclic) bond motifs is 6. The van der Waals surface area contributed by atoms with E-state index < -0.39 is 97.2 Å². The van der Waals surface area contributed by atoms with E-state index in [1.165, 1.54) is 0 Å².